The standard InChI is InChI=1S/C11H16ClN3O4/c1-18-7-5-14(6-8-19-2)11-9(15(16)17)3-4-10(12)13-11/h3-4H,5-8H2,1-2H3. The third kappa shape index (κ3) is 4.62. The molecule has 8 heteroatoms. The number of rotatable bonds is 8. The first-order valence-electron chi connectivity index (χ1n) is 5.64. The fourth-order valence-corrected chi connectivity index (χ4v) is 1.66. The molecule has 7 nitrogen and oxygen atoms in total. The number of methoxy groups -OCH3 is 2. The van der Waals surface area contributed by atoms with Gasteiger partial charge in [0.25, 0.3) is 0 Å². The Balaban J connectivity index is 3.03. The minimum Gasteiger partial charge on any atom is -0.383 e. The zero-order chi connectivity index (χ0) is 14.3. The van der Waals surface area contributed by atoms with Crippen LogP contribution in [-0.2, 0) is 9.47 Å². The second kappa shape index (κ2) is 7.88. The molecule has 0 aliphatic rings. The summed E-state index contributed by atoms with van der Waals surface area (Å²) in [6.45, 7) is 1.78. The van der Waals surface area contributed by atoms with E-state index in [2.05, 4.69) is 4.98 Å². The van der Waals surface area contributed by atoms with Gasteiger partial charge in [0, 0.05) is 33.4 Å². The van der Waals surface area contributed by atoms with E-state index in [-0.39, 0.29) is 16.7 Å². The van der Waals surface area contributed by atoms with Gasteiger partial charge in [-0.3, -0.25) is 10.1 Å². The average molecular weight is 290 g/mol. The lowest BCUT2D eigenvalue weighted by Crippen LogP contribution is -2.32. The summed E-state index contributed by atoms with van der Waals surface area (Å²) in [5.74, 6) is 0.228. The Morgan fingerprint density at radius 3 is 2.37 bits per heavy atom. The molecule has 0 aromatic carbocycles. The summed E-state index contributed by atoms with van der Waals surface area (Å²) < 4.78 is 9.98. The predicted molar refractivity (Wildman–Crippen MR) is 71.9 cm³/mol. The average Bonchev–Trinajstić information content (AvgIpc) is 2.38. The number of ether oxygens (including phenoxy) is 2. The lowest BCUT2D eigenvalue weighted by atomic mass is 10.3. The Morgan fingerprint density at radius 2 is 1.89 bits per heavy atom. The summed E-state index contributed by atoms with van der Waals surface area (Å²) in [5, 5.41) is 11.2. The molecule has 0 amide bonds. The van der Waals surface area contributed by atoms with E-state index in [1.165, 1.54) is 12.1 Å². The van der Waals surface area contributed by atoms with Crippen LogP contribution >= 0.6 is 11.6 Å². The molecular weight excluding hydrogens is 274 g/mol. The van der Waals surface area contributed by atoms with Gasteiger partial charge in [0.1, 0.15) is 5.15 Å². The van der Waals surface area contributed by atoms with E-state index in [0.717, 1.165) is 0 Å². The lowest BCUT2D eigenvalue weighted by Gasteiger charge is -2.22. The van der Waals surface area contributed by atoms with Crippen LogP contribution in [0.2, 0.25) is 5.15 Å². The van der Waals surface area contributed by atoms with Crippen LogP contribution in [0.4, 0.5) is 11.5 Å². The first-order valence-corrected chi connectivity index (χ1v) is 6.01. The van der Waals surface area contributed by atoms with Gasteiger partial charge >= 0.3 is 5.69 Å². The molecule has 0 atom stereocenters. The Morgan fingerprint density at radius 1 is 1.32 bits per heavy atom. The van der Waals surface area contributed by atoms with Gasteiger partial charge in [-0.05, 0) is 6.07 Å². The summed E-state index contributed by atoms with van der Waals surface area (Å²) in [6.07, 6.45) is 0. The largest absolute Gasteiger partial charge is 0.383 e. The van der Waals surface area contributed by atoms with Crippen LogP contribution in [-0.4, -0.2) is 50.4 Å². The van der Waals surface area contributed by atoms with Crippen molar-refractivity contribution in [3.05, 3.63) is 27.4 Å². The molecule has 0 radical (unpaired) electrons. The van der Waals surface area contributed by atoms with E-state index < -0.39 is 4.92 Å². The highest BCUT2D eigenvalue weighted by Gasteiger charge is 2.21. The summed E-state index contributed by atoms with van der Waals surface area (Å²) in [4.78, 5) is 16.3. The minimum absolute atomic E-state index is 0.0865. The number of anilines is 1. The molecule has 0 bridgehead atoms. The Labute approximate surface area is 116 Å². The smallest absolute Gasteiger partial charge is 0.311 e. The van der Waals surface area contributed by atoms with Gasteiger partial charge in [-0.2, -0.15) is 0 Å². The van der Waals surface area contributed by atoms with Crippen LogP contribution in [0, 0.1) is 10.1 Å². The number of nitro groups is 1. The van der Waals surface area contributed by atoms with Crippen LogP contribution in [0.15, 0.2) is 12.1 Å². The Kier molecular flexibility index (Phi) is 6.48. The van der Waals surface area contributed by atoms with E-state index >= 15 is 0 Å². The molecule has 0 aliphatic carbocycles. The maximum atomic E-state index is 11.0. The number of nitrogens with zero attached hydrogens (tertiary/aromatic N) is 3. The van der Waals surface area contributed by atoms with Crippen LogP contribution in [0.5, 0.6) is 0 Å². The molecule has 0 saturated carbocycles. The number of pyridine rings is 1. The highest BCUT2D eigenvalue weighted by Crippen LogP contribution is 2.27. The molecule has 1 aromatic rings. The van der Waals surface area contributed by atoms with Crippen LogP contribution < -0.4 is 4.90 Å². The van der Waals surface area contributed by atoms with E-state index in [4.69, 9.17) is 21.1 Å². The van der Waals surface area contributed by atoms with Crippen LogP contribution in [0.25, 0.3) is 0 Å². The molecular formula is C11H16ClN3O4. The predicted octanol–water partition coefficient (Wildman–Crippen LogP) is 1.74. The monoisotopic (exact) mass is 289 g/mol. The zero-order valence-electron chi connectivity index (χ0n) is 10.8. The van der Waals surface area contributed by atoms with Crippen molar-refractivity contribution in [1.29, 1.82) is 0 Å². The molecule has 0 unspecified atom stereocenters. The fourth-order valence-electron chi connectivity index (χ4n) is 1.52. The zero-order valence-corrected chi connectivity index (χ0v) is 11.6. The molecule has 0 fully saturated rings. The molecule has 0 saturated heterocycles. The first kappa shape index (κ1) is 15.6. The molecule has 0 aliphatic heterocycles. The van der Waals surface area contributed by atoms with Gasteiger partial charge < -0.3 is 14.4 Å². The van der Waals surface area contributed by atoms with Crippen LogP contribution in [0.1, 0.15) is 0 Å². The second-order valence-electron chi connectivity index (χ2n) is 3.71. The van der Waals surface area contributed by atoms with E-state index in [1.54, 1.807) is 19.1 Å². The van der Waals surface area contributed by atoms with Crippen molar-refractivity contribution in [2.45, 2.75) is 0 Å². The maximum Gasteiger partial charge on any atom is 0.311 e. The third-order valence-electron chi connectivity index (χ3n) is 2.45. The summed E-state index contributed by atoms with van der Waals surface area (Å²) in [6, 6.07) is 2.74. The van der Waals surface area contributed by atoms with Crippen molar-refractivity contribution in [2.75, 3.05) is 45.4 Å². The van der Waals surface area contributed by atoms with Crippen molar-refractivity contribution in [1.82, 2.24) is 4.98 Å². The number of hydrogen-bond acceptors (Lipinski definition) is 6. The van der Waals surface area contributed by atoms with Crippen molar-refractivity contribution < 1.29 is 14.4 Å². The SMILES string of the molecule is COCCN(CCOC)c1nc(Cl)ccc1[N+](=O)[O-]. The maximum absolute atomic E-state index is 11.0. The fraction of sp³-hybridized carbons (Fsp3) is 0.545. The van der Waals surface area contributed by atoms with E-state index in [0.29, 0.717) is 26.3 Å². The third-order valence-corrected chi connectivity index (χ3v) is 2.66. The van der Waals surface area contributed by atoms with E-state index in [9.17, 15) is 10.1 Å². The Bertz CT molecular complexity index is 422. The van der Waals surface area contributed by atoms with Crippen molar-refractivity contribution >= 4 is 23.1 Å². The molecule has 1 heterocycles. The Hall–Kier alpha value is -1.44. The van der Waals surface area contributed by atoms with Gasteiger partial charge in [-0.15, -0.1) is 0 Å². The topological polar surface area (TPSA) is 77.7 Å². The highest BCUT2D eigenvalue weighted by atomic mass is 35.5. The molecule has 0 N–H and O–H groups in total. The first-order chi connectivity index (χ1) is 9.10. The number of hydrogen-bond donors (Lipinski definition) is 0. The molecule has 1 rings (SSSR count). The van der Waals surface area contributed by atoms with Gasteiger partial charge in [0.05, 0.1) is 18.1 Å². The summed E-state index contributed by atoms with van der Waals surface area (Å²) in [7, 11) is 3.13. The number of halogens is 1. The van der Waals surface area contributed by atoms with Crippen molar-refractivity contribution in [3.63, 3.8) is 0 Å². The van der Waals surface area contributed by atoms with Gasteiger partial charge in [-0.1, -0.05) is 11.6 Å². The summed E-state index contributed by atoms with van der Waals surface area (Å²) in [5.41, 5.74) is -0.0865. The summed E-state index contributed by atoms with van der Waals surface area (Å²) >= 11 is 5.81. The normalized spacial score (nSPS) is 10.5. The molecule has 19 heavy (non-hydrogen) atoms. The van der Waals surface area contributed by atoms with Gasteiger partial charge in [0.2, 0.25) is 5.82 Å². The molecule has 0 spiro atoms. The van der Waals surface area contributed by atoms with E-state index in [1.807, 2.05) is 0 Å². The highest BCUT2D eigenvalue weighted by molar-refractivity contribution is 6.29. The molecule has 106 valence electrons. The van der Waals surface area contributed by atoms with Gasteiger partial charge in [0.15, 0.2) is 0 Å². The quantitative estimate of drug-likeness (QED) is 0.412. The van der Waals surface area contributed by atoms with Crippen molar-refractivity contribution in [2.24, 2.45) is 0 Å². The molecule has 1 aromatic heterocycles. The van der Waals surface area contributed by atoms with Crippen molar-refractivity contribution in [3.8, 4) is 0 Å². The lowest BCUT2D eigenvalue weighted by molar-refractivity contribution is -0.384. The number of aromatic nitrogens is 1. The van der Waals surface area contributed by atoms with Crippen LogP contribution in [0.3, 0.4) is 0 Å². The second-order valence-corrected chi connectivity index (χ2v) is 4.09. The minimum atomic E-state index is -0.481. The van der Waals surface area contributed by atoms with Gasteiger partial charge in [-0.25, -0.2) is 4.98 Å².